The number of aromatic nitrogens is 2. The van der Waals surface area contributed by atoms with E-state index in [-0.39, 0.29) is 29.1 Å². The zero-order chi connectivity index (χ0) is 22.1. The zero-order valence-corrected chi connectivity index (χ0v) is 17.5. The number of H-pyrrole nitrogens is 1. The summed E-state index contributed by atoms with van der Waals surface area (Å²) >= 11 is 0. The molecular formula is C25H25N3O4. The van der Waals surface area contributed by atoms with Crippen molar-refractivity contribution in [2.45, 2.75) is 44.0 Å². The summed E-state index contributed by atoms with van der Waals surface area (Å²) in [5, 5.41) is 13.4. The molecule has 4 unspecified atom stereocenters. The van der Waals surface area contributed by atoms with Gasteiger partial charge in [-0.15, -0.1) is 0 Å². The summed E-state index contributed by atoms with van der Waals surface area (Å²) in [6, 6.07) is 11.0. The second-order valence-corrected chi connectivity index (χ2v) is 8.46. The van der Waals surface area contributed by atoms with Gasteiger partial charge in [-0.3, -0.25) is 14.6 Å². The Kier molecular flexibility index (Phi) is 5.59. The van der Waals surface area contributed by atoms with Gasteiger partial charge in [-0.05, 0) is 24.5 Å². The van der Waals surface area contributed by atoms with E-state index in [9.17, 15) is 14.7 Å². The Bertz CT molecular complexity index is 1180. The maximum Gasteiger partial charge on any atom is 0.261 e. The largest absolute Gasteiger partial charge is 0.393 e. The highest BCUT2D eigenvalue weighted by atomic mass is 16.5. The molecule has 164 valence electrons. The van der Waals surface area contributed by atoms with Gasteiger partial charge >= 0.3 is 0 Å². The van der Waals surface area contributed by atoms with Gasteiger partial charge in [0, 0.05) is 42.1 Å². The number of aliphatic hydroxyl groups excluding tert-OH is 1. The normalized spacial score (nSPS) is 24.7. The molecule has 1 aromatic carbocycles. The predicted molar refractivity (Wildman–Crippen MR) is 120 cm³/mol. The topological polar surface area (TPSA) is 104 Å². The van der Waals surface area contributed by atoms with E-state index in [1.807, 2.05) is 30.3 Å². The minimum absolute atomic E-state index is 0.0154. The molecule has 0 spiro atoms. The minimum atomic E-state index is -0.520. The van der Waals surface area contributed by atoms with E-state index in [0.29, 0.717) is 17.7 Å². The molecule has 1 saturated carbocycles. The summed E-state index contributed by atoms with van der Waals surface area (Å²) in [6.07, 6.45) is 8.92. The fraction of sp³-hybridized carbons (Fsp3) is 0.320. The number of ether oxygens (including phenoxy) is 1. The van der Waals surface area contributed by atoms with Crippen molar-refractivity contribution in [3.8, 4) is 11.1 Å². The third kappa shape index (κ3) is 3.85. The first-order valence-corrected chi connectivity index (χ1v) is 11.0. The van der Waals surface area contributed by atoms with Crippen LogP contribution in [0.4, 0.5) is 5.69 Å². The molecule has 0 radical (unpaired) electrons. The molecular weight excluding hydrogens is 406 g/mol. The van der Waals surface area contributed by atoms with Gasteiger partial charge in [0.05, 0.1) is 30.2 Å². The molecule has 1 aliphatic heterocycles. The Morgan fingerprint density at radius 1 is 1.16 bits per heavy atom. The molecule has 3 heterocycles. The summed E-state index contributed by atoms with van der Waals surface area (Å²) in [6.45, 7) is 0. The van der Waals surface area contributed by atoms with E-state index in [2.05, 4.69) is 15.3 Å². The van der Waals surface area contributed by atoms with Crippen molar-refractivity contribution in [3.05, 3.63) is 82.5 Å². The van der Waals surface area contributed by atoms with E-state index >= 15 is 0 Å². The quantitative estimate of drug-likeness (QED) is 0.585. The van der Waals surface area contributed by atoms with Gasteiger partial charge in [-0.25, -0.2) is 0 Å². The lowest BCUT2D eigenvalue weighted by Crippen LogP contribution is -2.38. The average Bonchev–Trinajstić information content (AvgIpc) is 3.29. The van der Waals surface area contributed by atoms with Crippen LogP contribution in [0.3, 0.4) is 0 Å². The Morgan fingerprint density at radius 3 is 2.84 bits per heavy atom. The number of nitrogens with zero attached hydrogens (tertiary/aromatic N) is 1. The Balaban J connectivity index is 1.41. The number of anilines is 1. The van der Waals surface area contributed by atoms with Crippen molar-refractivity contribution < 1.29 is 14.6 Å². The van der Waals surface area contributed by atoms with Crippen LogP contribution in [-0.2, 0) is 4.74 Å². The molecule has 3 N–H and O–H groups in total. The molecule has 0 bridgehead atoms. The number of nitrogens with one attached hydrogen (secondary N) is 2. The first-order chi connectivity index (χ1) is 15.6. The summed E-state index contributed by atoms with van der Waals surface area (Å²) in [4.78, 5) is 33.1. The number of carbonyl (C=O) groups excluding carboxylic acids is 1. The highest BCUT2D eigenvalue weighted by molar-refractivity contribution is 6.05. The van der Waals surface area contributed by atoms with Gasteiger partial charge in [-0.1, -0.05) is 36.8 Å². The number of fused-ring (bicyclic) bond motifs is 1. The van der Waals surface area contributed by atoms with E-state index in [1.54, 1.807) is 24.7 Å². The van der Waals surface area contributed by atoms with E-state index < -0.39 is 12.0 Å². The molecule has 2 aromatic heterocycles. The molecule has 3 aromatic rings. The lowest BCUT2D eigenvalue weighted by molar-refractivity contribution is -0.125. The second kappa shape index (κ2) is 8.68. The summed E-state index contributed by atoms with van der Waals surface area (Å²) < 4.78 is 6.29. The lowest BCUT2D eigenvalue weighted by atomic mass is 9.88. The fourth-order valence-electron chi connectivity index (χ4n) is 4.89. The summed E-state index contributed by atoms with van der Waals surface area (Å²) in [5.74, 6) is -0.334. The number of hydrogen-bond acceptors (Lipinski definition) is 5. The molecule has 4 atom stereocenters. The predicted octanol–water partition coefficient (Wildman–Crippen LogP) is 3.68. The van der Waals surface area contributed by atoms with Gasteiger partial charge in [0.2, 0.25) is 5.43 Å². The van der Waals surface area contributed by atoms with Crippen LogP contribution in [0.1, 0.15) is 47.7 Å². The first kappa shape index (κ1) is 20.6. The number of aromatic amines is 1. The zero-order valence-electron chi connectivity index (χ0n) is 17.5. The van der Waals surface area contributed by atoms with E-state index in [1.165, 1.54) is 6.20 Å². The Labute approximate surface area is 185 Å². The van der Waals surface area contributed by atoms with Gasteiger partial charge < -0.3 is 20.1 Å². The van der Waals surface area contributed by atoms with E-state index in [4.69, 9.17) is 4.74 Å². The molecule has 2 fully saturated rings. The number of pyridine rings is 2. The van der Waals surface area contributed by atoms with Crippen molar-refractivity contribution in [1.82, 2.24) is 9.97 Å². The molecule has 7 nitrogen and oxygen atoms in total. The molecule has 1 aliphatic carbocycles. The van der Waals surface area contributed by atoms with Gasteiger partial charge in [0.15, 0.2) is 0 Å². The maximum absolute atomic E-state index is 13.1. The molecule has 32 heavy (non-hydrogen) atoms. The monoisotopic (exact) mass is 431 g/mol. The fourth-order valence-corrected chi connectivity index (χ4v) is 4.89. The van der Waals surface area contributed by atoms with Crippen LogP contribution in [-0.4, -0.2) is 33.2 Å². The number of rotatable bonds is 4. The van der Waals surface area contributed by atoms with Crippen LogP contribution < -0.4 is 10.7 Å². The number of aliphatic hydroxyl groups is 1. The highest BCUT2D eigenvalue weighted by Gasteiger charge is 2.41. The van der Waals surface area contributed by atoms with Crippen molar-refractivity contribution in [2.24, 2.45) is 5.92 Å². The van der Waals surface area contributed by atoms with Crippen molar-refractivity contribution in [3.63, 3.8) is 0 Å². The van der Waals surface area contributed by atoms with Gasteiger partial charge in [0.25, 0.3) is 5.91 Å². The molecule has 2 aliphatic rings. The number of benzene rings is 1. The van der Waals surface area contributed by atoms with Crippen molar-refractivity contribution in [1.29, 1.82) is 0 Å². The third-order valence-corrected chi connectivity index (χ3v) is 6.52. The van der Waals surface area contributed by atoms with Crippen molar-refractivity contribution in [2.75, 3.05) is 5.32 Å². The number of carbonyl (C=O) groups is 1. The third-order valence-electron chi connectivity index (χ3n) is 6.52. The summed E-state index contributed by atoms with van der Waals surface area (Å²) in [5.41, 5.74) is 2.07. The van der Waals surface area contributed by atoms with Crippen molar-refractivity contribution >= 4 is 11.6 Å². The first-order valence-electron chi connectivity index (χ1n) is 11.0. The maximum atomic E-state index is 13.1. The number of amides is 1. The van der Waals surface area contributed by atoms with Gasteiger partial charge in [0.1, 0.15) is 5.56 Å². The Morgan fingerprint density at radius 2 is 2.00 bits per heavy atom. The highest BCUT2D eigenvalue weighted by Crippen LogP contribution is 2.43. The van der Waals surface area contributed by atoms with Crippen LogP contribution in [0.25, 0.3) is 11.1 Å². The van der Waals surface area contributed by atoms with Crippen LogP contribution in [0.5, 0.6) is 0 Å². The lowest BCUT2D eigenvalue weighted by Gasteiger charge is -2.37. The van der Waals surface area contributed by atoms with Gasteiger partial charge in [-0.2, -0.15) is 0 Å². The second-order valence-electron chi connectivity index (χ2n) is 8.46. The summed E-state index contributed by atoms with van der Waals surface area (Å²) in [7, 11) is 0. The van der Waals surface area contributed by atoms with Crippen LogP contribution in [0, 0.1) is 5.92 Å². The average molecular weight is 431 g/mol. The van der Waals surface area contributed by atoms with Crippen LogP contribution >= 0.6 is 0 Å². The Hall–Kier alpha value is -3.29. The molecule has 1 amide bonds. The molecule has 1 saturated heterocycles. The number of hydrogen-bond donors (Lipinski definition) is 3. The standard InChI is InChI=1S/C25H25N3O4/c29-21-11-23(32-22-8-4-7-17(21)22)16-9-10-26-14-20(16)28-25(31)19-13-27-12-18(24(19)30)15-5-2-1-3-6-15/h1-3,5-6,9-10,12-14,17,21-23,29H,4,7-8,11H2,(H,27,30)(H,28,31). The molecule has 5 rings (SSSR count). The van der Waals surface area contributed by atoms with Crippen LogP contribution in [0.15, 0.2) is 66.0 Å². The minimum Gasteiger partial charge on any atom is -0.393 e. The smallest absolute Gasteiger partial charge is 0.261 e. The SMILES string of the molecule is O=C(Nc1cnccc1C1CC(O)C2CCCC2O1)c1c[nH]cc(-c2ccccc2)c1=O. The molecule has 7 heteroatoms. The van der Waals surface area contributed by atoms with E-state index in [0.717, 1.165) is 30.4 Å². The van der Waals surface area contributed by atoms with Crippen LogP contribution in [0.2, 0.25) is 0 Å².